The van der Waals surface area contributed by atoms with E-state index in [1.807, 2.05) is 19.3 Å². The van der Waals surface area contributed by atoms with Crippen LogP contribution in [0.2, 0.25) is 0 Å². The van der Waals surface area contributed by atoms with Crippen LogP contribution in [0.3, 0.4) is 0 Å². The van der Waals surface area contributed by atoms with Crippen LogP contribution >= 0.6 is 15.9 Å². The van der Waals surface area contributed by atoms with Gasteiger partial charge in [0.05, 0.1) is 11.3 Å². The molecule has 0 spiro atoms. The molecule has 0 radical (unpaired) electrons. The highest BCUT2D eigenvalue weighted by atomic mass is 79.9. The van der Waals surface area contributed by atoms with Crippen LogP contribution in [-0.4, -0.2) is 22.2 Å². The molecule has 2 rings (SSSR count). The van der Waals surface area contributed by atoms with Gasteiger partial charge in [-0.25, -0.2) is 0 Å². The van der Waals surface area contributed by atoms with Crippen LogP contribution < -0.4 is 11.1 Å². The van der Waals surface area contributed by atoms with E-state index in [4.69, 9.17) is 5.73 Å². The quantitative estimate of drug-likeness (QED) is 0.842. The average molecular weight is 323 g/mol. The highest BCUT2D eigenvalue weighted by molar-refractivity contribution is 9.10. The van der Waals surface area contributed by atoms with Gasteiger partial charge < -0.3 is 11.1 Å². The summed E-state index contributed by atoms with van der Waals surface area (Å²) >= 11 is 3.34. The molecule has 0 aliphatic carbocycles. The van der Waals surface area contributed by atoms with Gasteiger partial charge in [0.1, 0.15) is 0 Å². The number of hydrogen-bond acceptors (Lipinski definition) is 3. The van der Waals surface area contributed by atoms with Crippen LogP contribution in [-0.2, 0) is 13.5 Å². The zero-order valence-electron chi connectivity index (χ0n) is 10.6. The van der Waals surface area contributed by atoms with Crippen molar-refractivity contribution in [1.29, 1.82) is 0 Å². The number of anilines is 1. The fraction of sp³-hybridized carbons (Fsp3) is 0.231. The van der Waals surface area contributed by atoms with Crippen molar-refractivity contribution in [2.75, 3.05) is 12.3 Å². The minimum atomic E-state index is -0.143. The summed E-state index contributed by atoms with van der Waals surface area (Å²) in [4.78, 5) is 12.0. The van der Waals surface area contributed by atoms with Gasteiger partial charge in [0.15, 0.2) is 0 Å². The van der Waals surface area contributed by atoms with E-state index in [2.05, 4.69) is 26.3 Å². The summed E-state index contributed by atoms with van der Waals surface area (Å²) in [6, 6.07) is 7.10. The van der Waals surface area contributed by atoms with Crippen molar-refractivity contribution in [3.05, 3.63) is 46.2 Å². The van der Waals surface area contributed by atoms with E-state index in [0.717, 1.165) is 10.2 Å². The maximum Gasteiger partial charge on any atom is 0.252 e. The Morgan fingerprint density at radius 3 is 2.95 bits per heavy atom. The number of carbonyl (C=O) groups excluding carboxylic acids is 1. The minimum Gasteiger partial charge on any atom is -0.399 e. The molecule has 1 aromatic carbocycles. The van der Waals surface area contributed by atoms with Crippen LogP contribution in [0.5, 0.6) is 0 Å². The number of nitrogen functional groups attached to an aromatic ring is 1. The van der Waals surface area contributed by atoms with Crippen molar-refractivity contribution in [2.45, 2.75) is 6.42 Å². The first-order valence-electron chi connectivity index (χ1n) is 5.88. The third kappa shape index (κ3) is 3.57. The monoisotopic (exact) mass is 322 g/mol. The highest BCUT2D eigenvalue weighted by Crippen LogP contribution is 2.19. The molecule has 3 N–H and O–H groups in total. The van der Waals surface area contributed by atoms with E-state index in [1.165, 1.54) is 0 Å². The molecule has 0 aliphatic heterocycles. The van der Waals surface area contributed by atoms with Gasteiger partial charge in [-0.15, -0.1) is 0 Å². The van der Waals surface area contributed by atoms with Crippen molar-refractivity contribution < 1.29 is 4.79 Å². The maximum atomic E-state index is 12.0. The molecular formula is C13H15BrN4O. The fourth-order valence-electron chi connectivity index (χ4n) is 1.71. The minimum absolute atomic E-state index is 0.143. The summed E-state index contributed by atoms with van der Waals surface area (Å²) in [6.07, 6.45) is 2.58. The molecule has 0 saturated carbocycles. The number of nitrogens with two attached hydrogens (primary N) is 1. The molecule has 19 heavy (non-hydrogen) atoms. The Morgan fingerprint density at radius 1 is 1.47 bits per heavy atom. The van der Waals surface area contributed by atoms with Crippen molar-refractivity contribution in [1.82, 2.24) is 15.1 Å². The Morgan fingerprint density at radius 2 is 2.26 bits per heavy atom. The highest BCUT2D eigenvalue weighted by Gasteiger charge is 2.10. The van der Waals surface area contributed by atoms with Crippen molar-refractivity contribution in [3.63, 3.8) is 0 Å². The normalized spacial score (nSPS) is 10.4. The number of amides is 1. The van der Waals surface area contributed by atoms with Crippen molar-refractivity contribution in [2.24, 2.45) is 7.05 Å². The second-order valence-electron chi connectivity index (χ2n) is 4.23. The van der Waals surface area contributed by atoms with E-state index in [-0.39, 0.29) is 5.91 Å². The largest absolute Gasteiger partial charge is 0.399 e. The molecule has 0 bridgehead atoms. The zero-order valence-corrected chi connectivity index (χ0v) is 12.1. The Bertz CT molecular complexity index is 594. The van der Waals surface area contributed by atoms with Gasteiger partial charge in [-0.3, -0.25) is 9.48 Å². The molecule has 5 nitrogen and oxygen atoms in total. The molecule has 2 aromatic rings. The second-order valence-corrected chi connectivity index (χ2v) is 5.08. The molecule has 100 valence electrons. The first kappa shape index (κ1) is 13.6. The predicted octanol–water partition coefficient (Wildman–Crippen LogP) is 1.74. The van der Waals surface area contributed by atoms with Crippen LogP contribution in [0.25, 0.3) is 0 Å². The summed E-state index contributed by atoms with van der Waals surface area (Å²) in [5, 5.41) is 7.10. The molecular weight excluding hydrogens is 308 g/mol. The molecule has 0 saturated heterocycles. The van der Waals surface area contributed by atoms with E-state index in [9.17, 15) is 4.79 Å². The zero-order chi connectivity index (χ0) is 13.8. The molecule has 1 heterocycles. The first-order chi connectivity index (χ1) is 9.06. The lowest BCUT2D eigenvalue weighted by Crippen LogP contribution is -2.26. The summed E-state index contributed by atoms with van der Waals surface area (Å²) in [5.41, 5.74) is 7.74. The van der Waals surface area contributed by atoms with Crippen LogP contribution in [0.1, 0.15) is 16.1 Å². The first-order valence-corrected chi connectivity index (χ1v) is 6.67. The Balaban J connectivity index is 1.92. The van der Waals surface area contributed by atoms with Gasteiger partial charge in [0.2, 0.25) is 0 Å². The summed E-state index contributed by atoms with van der Waals surface area (Å²) < 4.78 is 2.48. The van der Waals surface area contributed by atoms with E-state index < -0.39 is 0 Å². The second kappa shape index (κ2) is 5.88. The van der Waals surface area contributed by atoms with E-state index in [0.29, 0.717) is 24.2 Å². The van der Waals surface area contributed by atoms with Crippen LogP contribution in [0, 0.1) is 0 Å². The fourth-order valence-corrected chi connectivity index (χ4v) is 2.14. The molecule has 0 fully saturated rings. The molecule has 1 amide bonds. The SMILES string of the molecule is Cn1ccc(CCNC(=O)c2cc(N)ccc2Br)n1. The number of carbonyl (C=O) groups is 1. The molecule has 0 unspecified atom stereocenters. The van der Waals surface area contributed by atoms with Gasteiger partial charge in [0, 0.05) is 36.4 Å². The van der Waals surface area contributed by atoms with E-state index >= 15 is 0 Å². The standard InChI is InChI=1S/C13H15BrN4O/c1-18-7-5-10(17-18)4-6-16-13(19)11-8-9(15)2-3-12(11)14/h2-3,5,7-8H,4,6,15H2,1H3,(H,16,19). The average Bonchev–Trinajstić information content (AvgIpc) is 2.78. The summed E-state index contributed by atoms with van der Waals surface area (Å²) in [5.74, 6) is -0.143. The third-order valence-electron chi connectivity index (χ3n) is 2.67. The maximum absolute atomic E-state index is 12.0. The number of nitrogens with one attached hydrogen (secondary N) is 1. The molecule has 0 aliphatic rings. The van der Waals surface area contributed by atoms with Gasteiger partial charge >= 0.3 is 0 Å². The van der Waals surface area contributed by atoms with Crippen LogP contribution in [0.4, 0.5) is 5.69 Å². The van der Waals surface area contributed by atoms with E-state index in [1.54, 1.807) is 22.9 Å². The summed E-state index contributed by atoms with van der Waals surface area (Å²) in [7, 11) is 1.87. The summed E-state index contributed by atoms with van der Waals surface area (Å²) in [6.45, 7) is 0.539. The number of nitrogens with zero attached hydrogens (tertiary/aromatic N) is 2. The van der Waals surface area contributed by atoms with Gasteiger partial charge in [0.25, 0.3) is 5.91 Å². The van der Waals surface area contributed by atoms with Crippen molar-refractivity contribution >= 4 is 27.5 Å². The molecule has 0 atom stereocenters. The molecule has 1 aromatic heterocycles. The van der Waals surface area contributed by atoms with Gasteiger partial charge in [-0.2, -0.15) is 5.10 Å². The Labute approximate surface area is 119 Å². The third-order valence-corrected chi connectivity index (χ3v) is 3.36. The predicted molar refractivity (Wildman–Crippen MR) is 77.8 cm³/mol. The molecule has 6 heteroatoms. The lowest BCUT2D eigenvalue weighted by Gasteiger charge is -2.07. The van der Waals surface area contributed by atoms with Crippen LogP contribution in [0.15, 0.2) is 34.9 Å². The Kier molecular flexibility index (Phi) is 4.21. The lowest BCUT2D eigenvalue weighted by atomic mass is 10.2. The van der Waals surface area contributed by atoms with Crippen molar-refractivity contribution in [3.8, 4) is 0 Å². The topological polar surface area (TPSA) is 72.9 Å². The number of rotatable bonds is 4. The van der Waals surface area contributed by atoms with Gasteiger partial charge in [-0.1, -0.05) is 0 Å². The number of benzene rings is 1. The van der Waals surface area contributed by atoms with Gasteiger partial charge in [-0.05, 0) is 40.2 Å². The smallest absolute Gasteiger partial charge is 0.252 e. The number of aryl methyl sites for hydroxylation is 1. The Hall–Kier alpha value is -1.82. The number of aromatic nitrogens is 2. The number of halogens is 1. The number of hydrogen-bond donors (Lipinski definition) is 2. The lowest BCUT2D eigenvalue weighted by molar-refractivity contribution is 0.0953.